The van der Waals surface area contributed by atoms with Gasteiger partial charge in [0.25, 0.3) is 0 Å². The predicted molar refractivity (Wildman–Crippen MR) is 60.8 cm³/mol. The van der Waals surface area contributed by atoms with Crippen LogP contribution in [0.2, 0.25) is 0 Å². The molecule has 2 aromatic rings. The molecule has 0 saturated carbocycles. The van der Waals surface area contributed by atoms with Gasteiger partial charge in [-0.3, -0.25) is 9.20 Å². The van der Waals surface area contributed by atoms with Gasteiger partial charge >= 0.3 is 5.97 Å². The topological polar surface area (TPSA) is 66.6 Å². The fourth-order valence-electron chi connectivity index (χ4n) is 1.64. The first-order chi connectivity index (χ1) is 7.58. The number of imidazole rings is 1. The average Bonchev–Trinajstić information content (AvgIpc) is 2.50. The highest BCUT2D eigenvalue weighted by molar-refractivity contribution is 5.73. The van der Waals surface area contributed by atoms with Gasteiger partial charge in [0.05, 0.1) is 5.69 Å². The van der Waals surface area contributed by atoms with Crippen molar-refractivity contribution in [3.63, 3.8) is 0 Å². The molecule has 0 amide bonds. The van der Waals surface area contributed by atoms with Gasteiger partial charge in [0, 0.05) is 6.20 Å². The van der Waals surface area contributed by atoms with Crippen molar-refractivity contribution in [1.82, 2.24) is 9.38 Å². The number of carboxylic acid groups (broad SMARTS) is 1. The maximum Gasteiger partial charge on any atom is 0.322 e. The van der Waals surface area contributed by atoms with E-state index in [1.165, 1.54) is 0 Å². The van der Waals surface area contributed by atoms with Crippen LogP contribution in [0.5, 0.6) is 0 Å². The van der Waals surface area contributed by atoms with Crippen molar-refractivity contribution < 1.29 is 9.90 Å². The number of aromatic nitrogens is 2. The van der Waals surface area contributed by atoms with Gasteiger partial charge < -0.3 is 10.4 Å². The molecule has 0 aliphatic rings. The molecular weight excluding hydrogens is 206 g/mol. The number of rotatable bonds is 3. The number of aliphatic carboxylic acids is 1. The Kier molecular flexibility index (Phi) is 2.52. The molecule has 0 bridgehead atoms. The van der Waals surface area contributed by atoms with Crippen molar-refractivity contribution in [2.45, 2.75) is 13.8 Å². The number of carboxylic acids is 1. The smallest absolute Gasteiger partial charge is 0.322 e. The summed E-state index contributed by atoms with van der Waals surface area (Å²) in [6, 6.07) is 3.92. The Morgan fingerprint density at radius 1 is 1.56 bits per heavy atom. The summed E-state index contributed by atoms with van der Waals surface area (Å²) in [4.78, 5) is 14.9. The molecular formula is C11H13N3O2. The van der Waals surface area contributed by atoms with Gasteiger partial charge in [0.2, 0.25) is 0 Å². The molecule has 0 radical (unpaired) electrons. The minimum atomic E-state index is -0.888. The number of hydrogen-bond donors (Lipinski definition) is 2. The lowest BCUT2D eigenvalue weighted by Gasteiger charge is -2.04. The predicted octanol–water partition coefficient (Wildman–Crippen LogP) is 1.45. The lowest BCUT2D eigenvalue weighted by molar-refractivity contribution is -0.134. The van der Waals surface area contributed by atoms with E-state index in [0.29, 0.717) is 0 Å². The number of nitrogens with zero attached hydrogens (tertiary/aromatic N) is 2. The Morgan fingerprint density at radius 3 is 3.00 bits per heavy atom. The number of fused-ring (bicyclic) bond motifs is 1. The fourth-order valence-corrected chi connectivity index (χ4v) is 1.64. The molecule has 2 heterocycles. The van der Waals surface area contributed by atoms with Crippen LogP contribution < -0.4 is 5.32 Å². The molecule has 0 aliphatic heterocycles. The monoisotopic (exact) mass is 219 g/mol. The molecule has 2 N–H and O–H groups in total. The second kappa shape index (κ2) is 3.84. The van der Waals surface area contributed by atoms with E-state index in [9.17, 15) is 4.79 Å². The molecule has 2 rings (SSSR count). The van der Waals surface area contributed by atoms with Crippen molar-refractivity contribution >= 4 is 17.4 Å². The van der Waals surface area contributed by atoms with E-state index in [1.54, 1.807) is 0 Å². The van der Waals surface area contributed by atoms with Gasteiger partial charge in [-0.05, 0) is 31.5 Å². The first-order valence-corrected chi connectivity index (χ1v) is 4.99. The number of hydrogen-bond acceptors (Lipinski definition) is 3. The number of anilines is 1. The third-order valence-electron chi connectivity index (χ3n) is 2.36. The van der Waals surface area contributed by atoms with Gasteiger partial charge in [0.1, 0.15) is 18.0 Å². The quantitative estimate of drug-likeness (QED) is 0.819. The van der Waals surface area contributed by atoms with Crippen LogP contribution in [0.25, 0.3) is 5.65 Å². The van der Waals surface area contributed by atoms with Crippen molar-refractivity contribution in [1.29, 1.82) is 0 Å². The fraction of sp³-hybridized carbons (Fsp3) is 0.273. The summed E-state index contributed by atoms with van der Waals surface area (Å²) in [6.07, 6.45) is 1.88. The first kappa shape index (κ1) is 10.5. The number of pyridine rings is 1. The van der Waals surface area contributed by atoms with Crippen molar-refractivity contribution in [3.8, 4) is 0 Å². The molecule has 0 saturated heterocycles. The summed E-state index contributed by atoms with van der Waals surface area (Å²) in [5.74, 6) is -0.154. The van der Waals surface area contributed by atoms with Gasteiger partial charge in [0.15, 0.2) is 0 Å². The van der Waals surface area contributed by atoms with Gasteiger partial charge in [-0.25, -0.2) is 4.98 Å². The van der Waals surface area contributed by atoms with Crippen LogP contribution in [0.3, 0.4) is 0 Å². The molecule has 0 aliphatic carbocycles. The molecule has 16 heavy (non-hydrogen) atoms. The third-order valence-corrected chi connectivity index (χ3v) is 2.36. The number of carbonyl (C=O) groups is 1. The van der Waals surface area contributed by atoms with E-state index < -0.39 is 5.97 Å². The molecule has 0 atom stereocenters. The summed E-state index contributed by atoms with van der Waals surface area (Å²) in [6.45, 7) is 3.74. The molecule has 0 aromatic carbocycles. The second-order valence-corrected chi connectivity index (χ2v) is 3.73. The van der Waals surface area contributed by atoms with Crippen LogP contribution in [-0.2, 0) is 4.79 Å². The lowest BCUT2D eigenvalue weighted by atomic mass is 10.3. The molecule has 84 valence electrons. The highest BCUT2D eigenvalue weighted by Gasteiger charge is 2.08. The summed E-state index contributed by atoms with van der Waals surface area (Å²) in [5.41, 5.74) is 2.75. The normalized spacial score (nSPS) is 10.6. The summed E-state index contributed by atoms with van der Waals surface area (Å²) in [7, 11) is 0. The minimum Gasteiger partial charge on any atom is -0.480 e. The van der Waals surface area contributed by atoms with Crippen molar-refractivity contribution in [2.24, 2.45) is 0 Å². The Labute approximate surface area is 92.7 Å². The van der Waals surface area contributed by atoms with Crippen LogP contribution in [0.15, 0.2) is 18.3 Å². The second-order valence-electron chi connectivity index (χ2n) is 3.73. The largest absolute Gasteiger partial charge is 0.480 e. The van der Waals surface area contributed by atoms with Crippen LogP contribution in [0, 0.1) is 13.8 Å². The maximum atomic E-state index is 10.5. The highest BCUT2D eigenvalue weighted by atomic mass is 16.4. The van der Waals surface area contributed by atoms with E-state index in [1.807, 2.05) is 36.6 Å². The third kappa shape index (κ3) is 1.84. The van der Waals surface area contributed by atoms with Crippen LogP contribution in [0.4, 0.5) is 5.82 Å². The van der Waals surface area contributed by atoms with E-state index in [4.69, 9.17) is 5.11 Å². The lowest BCUT2D eigenvalue weighted by Crippen LogP contribution is -2.14. The van der Waals surface area contributed by atoms with E-state index in [-0.39, 0.29) is 6.54 Å². The molecule has 5 nitrogen and oxygen atoms in total. The molecule has 0 fully saturated rings. The van der Waals surface area contributed by atoms with Gasteiger partial charge in [-0.15, -0.1) is 0 Å². The average molecular weight is 219 g/mol. The molecule has 2 aromatic heterocycles. The molecule has 5 heteroatoms. The van der Waals surface area contributed by atoms with Crippen LogP contribution >= 0.6 is 0 Å². The zero-order valence-electron chi connectivity index (χ0n) is 9.19. The van der Waals surface area contributed by atoms with E-state index in [0.717, 1.165) is 22.7 Å². The van der Waals surface area contributed by atoms with E-state index in [2.05, 4.69) is 10.3 Å². The van der Waals surface area contributed by atoms with Crippen LogP contribution in [-0.4, -0.2) is 27.0 Å². The SMILES string of the molecule is Cc1ccn2c(NCC(=O)O)c(C)nc2c1. The van der Waals surface area contributed by atoms with Gasteiger partial charge in [-0.1, -0.05) is 0 Å². The molecule has 0 unspecified atom stereocenters. The minimum absolute atomic E-state index is 0.109. The Balaban J connectivity index is 2.43. The van der Waals surface area contributed by atoms with E-state index >= 15 is 0 Å². The van der Waals surface area contributed by atoms with Crippen molar-refractivity contribution in [2.75, 3.05) is 11.9 Å². The summed E-state index contributed by atoms with van der Waals surface area (Å²) >= 11 is 0. The van der Waals surface area contributed by atoms with Gasteiger partial charge in [-0.2, -0.15) is 0 Å². The zero-order chi connectivity index (χ0) is 11.7. The standard InChI is InChI=1S/C11H13N3O2/c1-7-3-4-14-9(5-7)13-8(2)11(14)12-6-10(15)16/h3-5,12H,6H2,1-2H3,(H,15,16). The zero-order valence-corrected chi connectivity index (χ0v) is 9.19. The summed E-state index contributed by atoms with van der Waals surface area (Å²) in [5, 5.41) is 11.5. The number of aryl methyl sites for hydroxylation is 2. The maximum absolute atomic E-state index is 10.5. The Bertz CT molecular complexity index is 545. The van der Waals surface area contributed by atoms with Crippen molar-refractivity contribution in [3.05, 3.63) is 29.6 Å². The Morgan fingerprint density at radius 2 is 2.31 bits per heavy atom. The Hall–Kier alpha value is -2.04. The van der Waals surface area contributed by atoms with Crippen LogP contribution in [0.1, 0.15) is 11.3 Å². The first-order valence-electron chi connectivity index (χ1n) is 4.99. The highest BCUT2D eigenvalue weighted by Crippen LogP contribution is 2.17. The summed E-state index contributed by atoms with van der Waals surface area (Å²) < 4.78 is 1.85. The molecule has 0 spiro atoms. The number of nitrogens with one attached hydrogen (secondary N) is 1.